The standard InChI is InChI=1S/C17H20O4/c1-17(2,3)21-11-10-20-15-13-7-5-4-6-12(13)8-9-14(15)16(18)19/h4-9H,10-11H2,1-3H3,(H,18,19). The minimum Gasteiger partial charge on any atom is -0.490 e. The van der Waals surface area contributed by atoms with Gasteiger partial charge in [-0.25, -0.2) is 4.79 Å². The lowest BCUT2D eigenvalue weighted by Gasteiger charge is -2.20. The van der Waals surface area contributed by atoms with Gasteiger partial charge in [0.2, 0.25) is 0 Å². The summed E-state index contributed by atoms with van der Waals surface area (Å²) in [7, 11) is 0. The largest absolute Gasteiger partial charge is 0.490 e. The molecule has 0 spiro atoms. The Kier molecular flexibility index (Phi) is 4.48. The van der Waals surface area contributed by atoms with Gasteiger partial charge in [0.1, 0.15) is 17.9 Å². The molecule has 0 saturated heterocycles. The van der Waals surface area contributed by atoms with E-state index in [0.29, 0.717) is 19.0 Å². The van der Waals surface area contributed by atoms with Gasteiger partial charge >= 0.3 is 5.97 Å². The van der Waals surface area contributed by atoms with E-state index in [-0.39, 0.29) is 11.2 Å². The second-order valence-electron chi connectivity index (χ2n) is 5.78. The maximum Gasteiger partial charge on any atom is 0.339 e. The number of benzene rings is 2. The molecule has 21 heavy (non-hydrogen) atoms. The lowest BCUT2D eigenvalue weighted by atomic mass is 10.1. The molecule has 0 radical (unpaired) electrons. The summed E-state index contributed by atoms with van der Waals surface area (Å²) in [5.41, 5.74) is -0.0676. The van der Waals surface area contributed by atoms with E-state index in [1.54, 1.807) is 12.1 Å². The maximum atomic E-state index is 11.3. The van der Waals surface area contributed by atoms with Crippen molar-refractivity contribution >= 4 is 16.7 Å². The Balaban J connectivity index is 2.23. The predicted octanol–water partition coefficient (Wildman–Crippen LogP) is 3.73. The lowest BCUT2D eigenvalue weighted by molar-refractivity contribution is -0.0162. The molecule has 0 aliphatic rings. The molecule has 0 amide bonds. The second kappa shape index (κ2) is 6.14. The van der Waals surface area contributed by atoms with Crippen molar-refractivity contribution in [2.24, 2.45) is 0 Å². The molecule has 2 rings (SSSR count). The molecule has 4 nitrogen and oxygen atoms in total. The van der Waals surface area contributed by atoms with Crippen molar-refractivity contribution in [1.82, 2.24) is 0 Å². The Morgan fingerprint density at radius 2 is 1.81 bits per heavy atom. The third-order valence-corrected chi connectivity index (χ3v) is 2.97. The molecule has 4 heteroatoms. The third kappa shape index (κ3) is 3.95. The molecular formula is C17H20O4. The topological polar surface area (TPSA) is 55.8 Å². The minimum atomic E-state index is -0.993. The van der Waals surface area contributed by atoms with E-state index >= 15 is 0 Å². The molecule has 2 aromatic carbocycles. The van der Waals surface area contributed by atoms with Crippen LogP contribution in [0.1, 0.15) is 31.1 Å². The predicted molar refractivity (Wildman–Crippen MR) is 82.1 cm³/mol. The van der Waals surface area contributed by atoms with E-state index in [2.05, 4.69) is 0 Å². The van der Waals surface area contributed by atoms with Crippen LogP contribution in [-0.4, -0.2) is 29.9 Å². The molecule has 0 aliphatic carbocycles. The first-order chi connectivity index (χ1) is 9.88. The summed E-state index contributed by atoms with van der Waals surface area (Å²) in [5.74, 6) is -0.592. The molecule has 0 fully saturated rings. The van der Waals surface area contributed by atoms with Gasteiger partial charge in [-0.15, -0.1) is 0 Å². The van der Waals surface area contributed by atoms with E-state index < -0.39 is 5.97 Å². The highest BCUT2D eigenvalue weighted by Crippen LogP contribution is 2.30. The minimum absolute atomic E-state index is 0.171. The summed E-state index contributed by atoms with van der Waals surface area (Å²) in [6.45, 7) is 6.62. The molecule has 0 aliphatic heterocycles. The molecule has 0 unspecified atom stereocenters. The van der Waals surface area contributed by atoms with E-state index in [1.165, 1.54) is 0 Å². The first-order valence-electron chi connectivity index (χ1n) is 6.90. The first-order valence-corrected chi connectivity index (χ1v) is 6.90. The van der Waals surface area contributed by atoms with Gasteiger partial charge in [-0.05, 0) is 32.2 Å². The number of rotatable bonds is 5. The average molecular weight is 288 g/mol. The molecular weight excluding hydrogens is 268 g/mol. The zero-order valence-corrected chi connectivity index (χ0v) is 12.6. The summed E-state index contributed by atoms with van der Waals surface area (Å²) in [6, 6.07) is 10.9. The SMILES string of the molecule is CC(C)(C)OCCOc1c(C(=O)O)ccc2ccccc12. The van der Waals surface area contributed by atoms with Gasteiger partial charge < -0.3 is 14.6 Å². The van der Waals surface area contributed by atoms with Gasteiger partial charge in [-0.3, -0.25) is 0 Å². The quantitative estimate of drug-likeness (QED) is 0.852. The third-order valence-electron chi connectivity index (χ3n) is 2.97. The molecule has 0 atom stereocenters. The molecule has 2 aromatic rings. The molecule has 112 valence electrons. The van der Waals surface area contributed by atoms with Crippen LogP contribution < -0.4 is 4.74 Å². The van der Waals surface area contributed by atoms with Crippen LogP contribution in [0.25, 0.3) is 10.8 Å². The summed E-state index contributed by atoms with van der Waals surface area (Å²) in [4.78, 5) is 11.3. The van der Waals surface area contributed by atoms with Crippen molar-refractivity contribution < 1.29 is 19.4 Å². The van der Waals surface area contributed by atoms with E-state index in [1.807, 2.05) is 45.0 Å². The summed E-state index contributed by atoms with van der Waals surface area (Å²) in [5, 5.41) is 11.1. The second-order valence-corrected chi connectivity index (χ2v) is 5.78. The smallest absolute Gasteiger partial charge is 0.339 e. The highest BCUT2D eigenvalue weighted by atomic mass is 16.5. The van der Waals surface area contributed by atoms with Gasteiger partial charge in [0.05, 0.1) is 12.2 Å². The van der Waals surface area contributed by atoms with Gasteiger partial charge in [0.15, 0.2) is 0 Å². The number of ether oxygens (including phenoxy) is 2. The van der Waals surface area contributed by atoms with Gasteiger partial charge in [0, 0.05) is 5.39 Å². The average Bonchev–Trinajstić information content (AvgIpc) is 2.42. The van der Waals surface area contributed by atoms with Crippen LogP contribution in [-0.2, 0) is 4.74 Å². The van der Waals surface area contributed by atoms with Crippen LogP contribution in [0.15, 0.2) is 36.4 Å². The Morgan fingerprint density at radius 3 is 2.48 bits per heavy atom. The van der Waals surface area contributed by atoms with Gasteiger partial charge in [0.25, 0.3) is 0 Å². The van der Waals surface area contributed by atoms with Crippen molar-refractivity contribution in [3.05, 3.63) is 42.0 Å². The number of fused-ring (bicyclic) bond motifs is 1. The first kappa shape index (κ1) is 15.3. The molecule has 0 aromatic heterocycles. The number of carbonyl (C=O) groups is 1. The van der Waals surface area contributed by atoms with Crippen LogP contribution in [0.2, 0.25) is 0 Å². The Labute approximate surface area is 124 Å². The number of hydrogen-bond acceptors (Lipinski definition) is 3. The zero-order chi connectivity index (χ0) is 15.5. The summed E-state index contributed by atoms with van der Waals surface area (Å²) < 4.78 is 11.3. The Bertz CT molecular complexity index is 641. The van der Waals surface area contributed by atoms with Crippen LogP contribution in [0.5, 0.6) is 5.75 Å². The normalized spacial score (nSPS) is 11.6. The van der Waals surface area contributed by atoms with Crippen LogP contribution in [0.4, 0.5) is 0 Å². The molecule has 0 heterocycles. The molecule has 1 N–H and O–H groups in total. The van der Waals surface area contributed by atoms with Crippen LogP contribution >= 0.6 is 0 Å². The summed E-state index contributed by atoms with van der Waals surface area (Å²) in [6.07, 6.45) is 0. The Morgan fingerprint density at radius 1 is 1.10 bits per heavy atom. The van der Waals surface area contributed by atoms with Gasteiger partial charge in [-0.1, -0.05) is 30.3 Å². The van der Waals surface area contributed by atoms with E-state index in [0.717, 1.165) is 10.8 Å². The Hall–Kier alpha value is -2.07. The van der Waals surface area contributed by atoms with Gasteiger partial charge in [-0.2, -0.15) is 0 Å². The summed E-state index contributed by atoms with van der Waals surface area (Å²) >= 11 is 0. The van der Waals surface area contributed by atoms with Crippen molar-refractivity contribution in [1.29, 1.82) is 0 Å². The fraction of sp³-hybridized carbons (Fsp3) is 0.353. The lowest BCUT2D eigenvalue weighted by Crippen LogP contribution is -2.22. The van der Waals surface area contributed by atoms with Crippen molar-refractivity contribution in [2.45, 2.75) is 26.4 Å². The highest BCUT2D eigenvalue weighted by molar-refractivity contribution is 6.00. The monoisotopic (exact) mass is 288 g/mol. The number of carboxylic acids is 1. The zero-order valence-electron chi connectivity index (χ0n) is 12.6. The van der Waals surface area contributed by atoms with Crippen LogP contribution in [0.3, 0.4) is 0 Å². The number of aromatic carboxylic acids is 1. The van der Waals surface area contributed by atoms with Crippen molar-refractivity contribution in [2.75, 3.05) is 13.2 Å². The highest BCUT2D eigenvalue weighted by Gasteiger charge is 2.15. The number of hydrogen-bond donors (Lipinski definition) is 1. The number of carboxylic acid groups (broad SMARTS) is 1. The molecule has 0 saturated carbocycles. The fourth-order valence-corrected chi connectivity index (χ4v) is 2.06. The fourth-order valence-electron chi connectivity index (χ4n) is 2.06. The van der Waals surface area contributed by atoms with E-state index in [9.17, 15) is 9.90 Å². The van der Waals surface area contributed by atoms with E-state index in [4.69, 9.17) is 9.47 Å². The molecule has 0 bridgehead atoms. The van der Waals surface area contributed by atoms with Crippen molar-refractivity contribution in [3.63, 3.8) is 0 Å². The van der Waals surface area contributed by atoms with Crippen LogP contribution in [0, 0.1) is 0 Å². The maximum absolute atomic E-state index is 11.3. The van der Waals surface area contributed by atoms with Crippen molar-refractivity contribution in [3.8, 4) is 5.75 Å².